The van der Waals surface area contributed by atoms with Gasteiger partial charge in [-0.3, -0.25) is 4.68 Å². The molecule has 0 saturated carbocycles. The molecule has 0 amide bonds. The van der Waals surface area contributed by atoms with Gasteiger partial charge in [0.05, 0.1) is 11.7 Å². The highest BCUT2D eigenvalue weighted by atomic mass is 32.1. The van der Waals surface area contributed by atoms with Crippen LogP contribution in [-0.2, 0) is 7.05 Å². The lowest BCUT2D eigenvalue weighted by atomic mass is 10.00. The van der Waals surface area contributed by atoms with Crippen molar-refractivity contribution in [3.63, 3.8) is 0 Å². The van der Waals surface area contributed by atoms with Gasteiger partial charge in [-0.15, -0.1) is 0 Å². The fraction of sp³-hybridized carbons (Fsp3) is 0.583. The Morgan fingerprint density at radius 1 is 1.39 bits per heavy atom. The van der Waals surface area contributed by atoms with E-state index < -0.39 is 0 Å². The van der Waals surface area contributed by atoms with Crippen LogP contribution in [0.3, 0.4) is 0 Å². The lowest BCUT2D eigenvalue weighted by Gasteiger charge is -2.35. The molecule has 1 fully saturated rings. The van der Waals surface area contributed by atoms with E-state index in [1.807, 2.05) is 24.9 Å². The Morgan fingerprint density at radius 3 is 2.94 bits per heavy atom. The maximum Gasteiger partial charge on any atom is 0.205 e. The zero-order valence-corrected chi connectivity index (χ0v) is 11.5. The van der Waals surface area contributed by atoms with Gasteiger partial charge in [-0.05, 0) is 32.3 Å². The highest BCUT2D eigenvalue weighted by Crippen LogP contribution is 2.35. The summed E-state index contributed by atoms with van der Waals surface area (Å²) in [6, 6.07) is 2.50. The normalized spacial score (nSPS) is 20.3. The average Bonchev–Trinajstić information content (AvgIpc) is 2.98. The number of piperidine rings is 1. The van der Waals surface area contributed by atoms with Gasteiger partial charge in [0.25, 0.3) is 0 Å². The van der Waals surface area contributed by atoms with Crippen LogP contribution in [0.25, 0.3) is 0 Å². The van der Waals surface area contributed by atoms with E-state index in [0.29, 0.717) is 6.04 Å². The smallest absolute Gasteiger partial charge is 0.205 e. The van der Waals surface area contributed by atoms with Crippen molar-refractivity contribution in [1.29, 1.82) is 0 Å². The van der Waals surface area contributed by atoms with Gasteiger partial charge in [0.1, 0.15) is 5.82 Å². The molecule has 0 N–H and O–H groups in total. The van der Waals surface area contributed by atoms with Crippen LogP contribution in [0.5, 0.6) is 0 Å². The molecule has 0 radical (unpaired) electrons. The second-order valence-corrected chi connectivity index (χ2v) is 5.44. The zero-order valence-electron chi connectivity index (χ0n) is 10.7. The SMILES string of the molecule is Cc1nsc(N2CCCC[C@H]2c2ccnn2C)n1. The molecule has 0 spiro atoms. The van der Waals surface area contributed by atoms with Crippen molar-refractivity contribution in [3.8, 4) is 0 Å². The number of rotatable bonds is 2. The van der Waals surface area contributed by atoms with Crippen molar-refractivity contribution in [3.05, 3.63) is 23.8 Å². The number of hydrogen-bond donors (Lipinski definition) is 0. The first-order valence-corrected chi connectivity index (χ1v) is 7.08. The number of aromatic nitrogens is 4. The highest BCUT2D eigenvalue weighted by molar-refractivity contribution is 7.09. The predicted molar refractivity (Wildman–Crippen MR) is 71.8 cm³/mol. The summed E-state index contributed by atoms with van der Waals surface area (Å²) in [5.74, 6) is 0.865. The minimum Gasteiger partial charge on any atom is -0.338 e. The van der Waals surface area contributed by atoms with Crippen molar-refractivity contribution >= 4 is 16.7 Å². The van der Waals surface area contributed by atoms with Crippen molar-refractivity contribution in [1.82, 2.24) is 19.1 Å². The van der Waals surface area contributed by atoms with Crippen LogP contribution in [-0.4, -0.2) is 25.7 Å². The topological polar surface area (TPSA) is 46.8 Å². The molecule has 1 aliphatic rings. The van der Waals surface area contributed by atoms with Gasteiger partial charge >= 0.3 is 0 Å². The second-order valence-electron chi connectivity index (χ2n) is 4.71. The van der Waals surface area contributed by atoms with Crippen molar-refractivity contribution < 1.29 is 0 Å². The van der Waals surface area contributed by atoms with Gasteiger partial charge in [0.2, 0.25) is 5.13 Å². The van der Waals surface area contributed by atoms with Gasteiger partial charge in [0, 0.05) is 31.3 Å². The third-order valence-electron chi connectivity index (χ3n) is 3.47. The first-order valence-electron chi connectivity index (χ1n) is 6.30. The summed E-state index contributed by atoms with van der Waals surface area (Å²) >= 11 is 1.50. The van der Waals surface area contributed by atoms with Gasteiger partial charge in [0.15, 0.2) is 0 Å². The molecule has 1 saturated heterocycles. The van der Waals surface area contributed by atoms with E-state index in [1.54, 1.807) is 0 Å². The van der Waals surface area contributed by atoms with Crippen LogP contribution in [0.1, 0.15) is 36.8 Å². The summed E-state index contributed by atoms with van der Waals surface area (Å²) in [5, 5.41) is 5.32. The summed E-state index contributed by atoms with van der Waals surface area (Å²) in [4.78, 5) is 6.91. The van der Waals surface area contributed by atoms with Gasteiger partial charge in [-0.25, -0.2) is 4.98 Å². The maximum absolute atomic E-state index is 4.53. The fourth-order valence-electron chi connectivity index (χ4n) is 2.58. The molecule has 2 aromatic heterocycles. The van der Waals surface area contributed by atoms with Crippen LogP contribution in [0.4, 0.5) is 5.13 Å². The molecule has 96 valence electrons. The van der Waals surface area contributed by atoms with E-state index in [9.17, 15) is 0 Å². The third kappa shape index (κ3) is 2.01. The summed E-state index contributed by atoms with van der Waals surface area (Å²) in [6.45, 7) is 3.01. The lowest BCUT2D eigenvalue weighted by Crippen LogP contribution is -2.34. The van der Waals surface area contributed by atoms with E-state index in [0.717, 1.165) is 23.9 Å². The molecule has 0 unspecified atom stereocenters. The first-order chi connectivity index (χ1) is 8.75. The molecular formula is C12H17N5S. The van der Waals surface area contributed by atoms with Crippen LogP contribution < -0.4 is 4.90 Å². The monoisotopic (exact) mass is 263 g/mol. The molecule has 1 aliphatic heterocycles. The molecule has 2 aromatic rings. The van der Waals surface area contributed by atoms with E-state index in [4.69, 9.17) is 0 Å². The summed E-state index contributed by atoms with van der Waals surface area (Å²) in [5.41, 5.74) is 1.27. The Hall–Kier alpha value is -1.43. The number of aryl methyl sites for hydroxylation is 2. The Labute approximate surface area is 111 Å². The molecule has 5 nitrogen and oxygen atoms in total. The molecule has 1 atom stereocenters. The molecular weight excluding hydrogens is 246 g/mol. The van der Waals surface area contributed by atoms with Gasteiger partial charge in [-0.1, -0.05) is 0 Å². The van der Waals surface area contributed by atoms with Gasteiger partial charge in [-0.2, -0.15) is 9.47 Å². The molecule has 18 heavy (non-hydrogen) atoms. The van der Waals surface area contributed by atoms with Crippen LogP contribution in [0.15, 0.2) is 12.3 Å². The quantitative estimate of drug-likeness (QED) is 0.834. The van der Waals surface area contributed by atoms with Crippen molar-refractivity contribution in [2.45, 2.75) is 32.2 Å². The molecule has 0 aliphatic carbocycles. The van der Waals surface area contributed by atoms with E-state index >= 15 is 0 Å². The van der Waals surface area contributed by atoms with Gasteiger partial charge < -0.3 is 4.90 Å². The lowest BCUT2D eigenvalue weighted by molar-refractivity contribution is 0.449. The molecule has 3 heterocycles. The van der Waals surface area contributed by atoms with E-state index in [2.05, 4.69) is 25.4 Å². The second kappa shape index (κ2) is 4.68. The van der Waals surface area contributed by atoms with Crippen LogP contribution in [0.2, 0.25) is 0 Å². The number of anilines is 1. The van der Waals surface area contributed by atoms with Crippen molar-refractivity contribution in [2.75, 3.05) is 11.4 Å². The van der Waals surface area contributed by atoms with Crippen LogP contribution >= 0.6 is 11.5 Å². The third-order valence-corrected chi connectivity index (χ3v) is 4.31. The molecule has 0 bridgehead atoms. The number of nitrogens with zero attached hydrogens (tertiary/aromatic N) is 5. The first kappa shape index (κ1) is 11.6. The van der Waals surface area contributed by atoms with Crippen LogP contribution in [0, 0.1) is 6.92 Å². The Balaban J connectivity index is 1.93. The Kier molecular flexibility index (Phi) is 3.03. The average molecular weight is 263 g/mol. The summed E-state index contributed by atoms with van der Waals surface area (Å²) in [6.07, 6.45) is 5.53. The minimum absolute atomic E-state index is 0.388. The molecule has 0 aromatic carbocycles. The van der Waals surface area contributed by atoms with Crippen molar-refractivity contribution in [2.24, 2.45) is 7.05 Å². The maximum atomic E-state index is 4.53. The number of hydrogen-bond acceptors (Lipinski definition) is 5. The Bertz CT molecular complexity index is 532. The highest BCUT2D eigenvalue weighted by Gasteiger charge is 2.28. The van der Waals surface area contributed by atoms with E-state index in [1.165, 1.54) is 30.1 Å². The fourth-order valence-corrected chi connectivity index (χ4v) is 3.33. The molecule has 6 heteroatoms. The molecule has 3 rings (SSSR count). The summed E-state index contributed by atoms with van der Waals surface area (Å²) in [7, 11) is 2.01. The van der Waals surface area contributed by atoms with E-state index in [-0.39, 0.29) is 0 Å². The Morgan fingerprint density at radius 2 is 2.28 bits per heavy atom. The predicted octanol–water partition coefficient (Wildman–Crippen LogP) is 2.31. The standard InChI is InChI=1S/C12H17N5S/c1-9-14-12(18-15-9)17-8-4-3-5-11(17)10-6-7-13-16(10)2/h6-7,11H,3-5,8H2,1-2H3/t11-/m0/s1. The largest absolute Gasteiger partial charge is 0.338 e. The minimum atomic E-state index is 0.388. The summed E-state index contributed by atoms with van der Waals surface area (Å²) < 4.78 is 6.27. The zero-order chi connectivity index (χ0) is 12.5.